The van der Waals surface area contributed by atoms with Gasteiger partial charge in [-0.1, -0.05) is 343 Å². The largest absolute Gasteiger partial charge is 0.354 e. The van der Waals surface area contributed by atoms with Crippen LogP contribution in [0.5, 0.6) is 0 Å². The lowest BCUT2D eigenvalue weighted by molar-refractivity contribution is 0.660. The molecule has 0 fully saturated rings. The molecular weight excluding hydrogens is 1470 g/mol. The third-order valence-corrected chi connectivity index (χ3v) is 24.9. The number of H-pyrrole nitrogens is 1. The van der Waals surface area contributed by atoms with Crippen molar-refractivity contribution < 1.29 is 0 Å². The van der Waals surface area contributed by atoms with Crippen molar-refractivity contribution in [2.24, 2.45) is 0 Å². The highest BCUT2D eigenvalue weighted by molar-refractivity contribution is 6.29. The molecule has 24 rings (SSSR count). The van der Waals surface area contributed by atoms with Crippen LogP contribution in [-0.2, 0) is 10.8 Å². The maximum atomic E-state index is 6.20. The van der Waals surface area contributed by atoms with Crippen LogP contribution in [0.2, 0.25) is 5.28 Å². The molecule has 22 aromatic rings. The van der Waals surface area contributed by atoms with Gasteiger partial charge in [0.2, 0.25) is 11.2 Å². The number of aromatic amines is 1. The Labute approximate surface area is 693 Å². The zero-order valence-corrected chi connectivity index (χ0v) is 66.7. The summed E-state index contributed by atoms with van der Waals surface area (Å²) in [6.07, 6.45) is 0. The summed E-state index contributed by atoms with van der Waals surface area (Å²) in [5, 5.41) is 9.56. The Morgan fingerprint density at radius 2 is 0.681 bits per heavy atom. The molecule has 6 heterocycles. The minimum absolute atomic E-state index is 0.0332. The normalized spacial score (nSPS) is 12.9. The van der Waals surface area contributed by atoms with Crippen molar-refractivity contribution >= 4 is 98.8 Å². The van der Waals surface area contributed by atoms with E-state index in [9.17, 15) is 0 Å². The summed E-state index contributed by atoms with van der Waals surface area (Å²) in [5.41, 5.74) is 34.8. The smallest absolute Gasteiger partial charge is 0.235 e. The van der Waals surface area contributed by atoms with Gasteiger partial charge in [0.05, 0.1) is 61.4 Å². The van der Waals surface area contributed by atoms with Gasteiger partial charge in [-0.25, -0.2) is 19.9 Å². The summed E-state index contributed by atoms with van der Waals surface area (Å²) in [7, 11) is 0. The van der Waals surface area contributed by atoms with Gasteiger partial charge < -0.3 is 14.1 Å². The zero-order valence-electron chi connectivity index (χ0n) is 66.0. The first-order chi connectivity index (χ1) is 58.5. The van der Waals surface area contributed by atoms with E-state index in [1.165, 1.54) is 99.6 Å². The molecule has 0 saturated carbocycles. The second kappa shape index (κ2) is 28.3. The van der Waals surface area contributed by atoms with Crippen molar-refractivity contribution in [1.29, 1.82) is 0 Å². The summed E-state index contributed by atoms with van der Waals surface area (Å²) in [6, 6.07) is 138. The van der Waals surface area contributed by atoms with Crippen LogP contribution in [0.1, 0.15) is 49.9 Å². The maximum absolute atomic E-state index is 6.20. The molecule has 16 aromatic carbocycles. The number of aromatic nitrogens is 8. The van der Waals surface area contributed by atoms with Crippen LogP contribution in [-0.4, -0.2) is 38.6 Å². The van der Waals surface area contributed by atoms with Gasteiger partial charge in [0.25, 0.3) is 0 Å². The number of fused-ring (bicyclic) bond motifs is 18. The Hall–Kier alpha value is -14.8. The molecular formula is C110H77ClN8. The Morgan fingerprint density at radius 3 is 1.22 bits per heavy atom. The molecule has 0 saturated heterocycles. The lowest BCUT2D eigenvalue weighted by atomic mass is 9.82. The molecule has 6 aromatic heterocycles. The predicted octanol–water partition coefficient (Wildman–Crippen LogP) is 28.8. The van der Waals surface area contributed by atoms with Gasteiger partial charge in [-0.2, -0.15) is 0 Å². The number of rotatable bonds is 9. The lowest BCUT2D eigenvalue weighted by Gasteiger charge is -2.22. The maximum Gasteiger partial charge on any atom is 0.235 e. The first kappa shape index (κ1) is 70.8. The van der Waals surface area contributed by atoms with Crippen LogP contribution in [0.3, 0.4) is 0 Å². The predicted molar refractivity (Wildman–Crippen MR) is 496 cm³/mol. The fourth-order valence-electron chi connectivity index (χ4n) is 19.3. The van der Waals surface area contributed by atoms with Crippen molar-refractivity contribution in [3.8, 4) is 107 Å². The molecule has 564 valence electrons. The highest BCUT2D eigenvalue weighted by Gasteiger charge is 2.38. The molecule has 9 heteroatoms. The Bertz CT molecular complexity index is 7770. The van der Waals surface area contributed by atoms with E-state index < -0.39 is 0 Å². The van der Waals surface area contributed by atoms with Crippen LogP contribution >= 0.6 is 11.6 Å². The molecule has 119 heavy (non-hydrogen) atoms. The quantitative estimate of drug-likeness (QED) is 0.146. The number of nitrogens with zero attached hydrogens (tertiary/aromatic N) is 7. The number of halogens is 1. The molecule has 2 aliphatic carbocycles. The van der Waals surface area contributed by atoms with Crippen LogP contribution in [0, 0.1) is 0 Å². The van der Waals surface area contributed by atoms with E-state index in [1.807, 2.05) is 24.3 Å². The number of nitrogens with one attached hydrogen (secondary N) is 1. The SMILES string of the molecule is CC1(C)c2ccccc2-c2ccc(-c3nc(-n4c5ccccc5c5ccc6c(c(-c7ccccc7)c(-c7ccccc7)n6-c6ccccc6)c54)nc4ccccc34)cc21.CC1(C)c2ccccc2-c2ccc(-c3nc(Cl)nc4ccccc34)cc21.c1ccc(-c2c(-c3ccccc3)n(-c3ccccc3)c3ccc4c5ccccc5[nH]c4c23)cc1. The lowest BCUT2D eigenvalue weighted by Crippen LogP contribution is -2.15. The average Bonchev–Trinajstić information content (AvgIpc) is 1.54. The topological polar surface area (TPSA) is 82.1 Å². The highest BCUT2D eigenvalue weighted by atomic mass is 35.5. The summed E-state index contributed by atoms with van der Waals surface area (Å²) in [4.78, 5) is 23.7. The van der Waals surface area contributed by atoms with Crippen molar-refractivity contribution in [2.75, 3.05) is 0 Å². The molecule has 0 amide bonds. The Morgan fingerprint density at radius 1 is 0.277 bits per heavy atom. The van der Waals surface area contributed by atoms with Crippen molar-refractivity contribution in [2.45, 2.75) is 38.5 Å². The van der Waals surface area contributed by atoms with Gasteiger partial charge in [0, 0.05) is 93.1 Å². The number of benzene rings is 16. The van der Waals surface area contributed by atoms with E-state index in [2.05, 4.69) is 420 Å². The molecule has 0 spiro atoms. The molecule has 0 radical (unpaired) electrons. The molecule has 0 unspecified atom stereocenters. The second-order valence-corrected chi connectivity index (χ2v) is 32.5. The average molecular weight is 1550 g/mol. The van der Waals surface area contributed by atoms with E-state index in [1.54, 1.807) is 0 Å². The van der Waals surface area contributed by atoms with Crippen molar-refractivity contribution in [3.05, 3.63) is 416 Å². The van der Waals surface area contributed by atoms with Gasteiger partial charge in [0.1, 0.15) is 0 Å². The summed E-state index contributed by atoms with van der Waals surface area (Å²) in [6.45, 7) is 9.24. The van der Waals surface area contributed by atoms with Gasteiger partial charge in [-0.05, 0) is 151 Å². The minimum Gasteiger partial charge on any atom is -0.354 e. The molecule has 8 nitrogen and oxygen atoms in total. The highest BCUT2D eigenvalue weighted by Crippen LogP contribution is 2.54. The number of para-hydroxylation sites is 6. The van der Waals surface area contributed by atoms with E-state index in [0.29, 0.717) is 5.95 Å². The third-order valence-electron chi connectivity index (χ3n) is 24.7. The molecule has 0 bridgehead atoms. The van der Waals surface area contributed by atoms with E-state index >= 15 is 0 Å². The minimum atomic E-state index is -0.137. The molecule has 2 aliphatic rings. The Kier molecular flexibility index (Phi) is 16.8. The van der Waals surface area contributed by atoms with Crippen LogP contribution in [0.15, 0.2) is 388 Å². The standard InChI is InChI=1S/C55H38N4.C32H22N2.C23H17ClN2/c1-55(2)44-27-15-12-24-39(44)40-31-30-37(34-45(40)55)51-43-26-13-16-28-46(43)56-54(57-51)59-47-29-17-14-25-41(47)42-32-33-48-50(53(42)59)49(35-18-6-3-7-19-35)52(36-20-8-4-9-21-36)58(48)38-22-10-5-11-23-38;1-4-12-22(13-5-1)29-30-28(21-20-26-25-18-10-11-19-27(25)33-31(26)30)34(24-16-8-3-9-17-24)32(29)23-14-6-2-7-15-23;1-23(2)18-9-5-3-7-15(18)16-12-11-14(13-19(16)23)21-17-8-4-6-10-20(17)25-22(24)26-21/h3-34H,1-2H3;1-21,33H;3-13H,1-2H3. The first-order valence-electron chi connectivity index (χ1n) is 40.7. The van der Waals surface area contributed by atoms with Gasteiger partial charge in [-0.3, -0.25) is 4.57 Å². The van der Waals surface area contributed by atoms with Gasteiger partial charge in [0.15, 0.2) is 0 Å². The van der Waals surface area contributed by atoms with Crippen LogP contribution < -0.4 is 0 Å². The first-order valence-corrected chi connectivity index (χ1v) is 41.1. The zero-order chi connectivity index (χ0) is 79.6. The monoisotopic (exact) mass is 1540 g/mol. The summed E-state index contributed by atoms with van der Waals surface area (Å²) in [5.74, 6) is 0.646. The molecule has 0 atom stereocenters. The van der Waals surface area contributed by atoms with Gasteiger partial charge >= 0.3 is 0 Å². The number of hydrogen-bond donors (Lipinski definition) is 1. The summed E-state index contributed by atoms with van der Waals surface area (Å²) < 4.78 is 7.18. The second-order valence-electron chi connectivity index (χ2n) is 32.1. The third kappa shape index (κ3) is 11.5. The Balaban J connectivity index is 0.000000119. The van der Waals surface area contributed by atoms with E-state index in [-0.39, 0.29) is 16.1 Å². The fraction of sp³-hybridized carbons (Fsp3) is 0.0545. The van der Waals surface area contributed by atoms with Crippen LogP contribution in [0.25, 0.3) is 194 Å². The van der Waals surface area contributed by atoms with E-state index in [0.717, 1.165) is 111 Å². The van der Waals surface area contributed by atoms with Crippen LogP contribution in [0.4, 0.5) is 0 Å². The van der Waals surface area contributed by atoms with Crippen molar-refractivity contribution in [1.82, 2.24) is 38.6 Å². The number of hydrogen-bond acceptors (Lipinski definition) is 4. The fourth-order valence-corrected chi connectivity index (χ4v) is 19.5. The summed E-state index contributed by atoms with van der Waals surface area (Å²) >= 11 is 6.20. The van der Waals surface area contributed by atoms with Crippen molar-refractivity contribution in [3.63, 3.8) is 0 Å². The molecule has 1 N–H and O–H groups in total. The van der Waals surface area contributed by atoms with Gasteiger partial charge in [-0.15, -0.1) is 0 Å². The van der Waals surface area contributed by atoms with E-state index in [4.69, 9.17) is 21.6 Å². The molecule has 0 aliphatic heterocycles.